The molecule has 0 fully saturated rings. The fourth-order valence-corrected chi connectivity index (χ4v) is 5.04. The predicted molar refractivity (Wildman–Crippen MR) is 150 cm³/mol. The Labute approximate surface area is 226 Å². The van der Waals surface area contributed by atoms with E-state index in [1.54, 1.807) is 0 Å². The van der Waals surface area contributed by atoms with Gasteiger partial charge in [0.25, 0.3) is 0 Å². The van der Waals surface area contributed by atoms with Crippen LogP contribution in [0.1, 0.15) is 142 Å². The second kappa shape index (κ2) is 26.3. The molecule has 1 N–H and O–H groups in total. The quantitative estimate of drug-likeness (QED) is 0.0601. The zero-order valence-electron chi connectivity index (χ0n) is 23.4. The lowest BCUT2D eigenvalue weighted by atomic mass is 10.0. The topological polar surface area (TPSA) is 20.2 Å². The molecular formula is C30H61Cl2NO. The number of hydrogen-bond donors (Lipinski definition) is 1. The minimum atomic E-state index is -0.228. The van der Waals surface area contributed by atoms with E-state index in [9.17, 15) is 5.11 Å². The number of aliphatic hydroxyl groups excluding tert-OH is 1. The van der Waals surface area contributed by atoms with Crippen LogP contribution in [0, 0.1) is 0 Å². The maximum absolute atomic E-state index is 9.61. The Kier molecular flexibility index (Phi) is 28.2. The molecule has 0 heterocycles. The molecule has 206 valence electrons. The summed E-state index contributed by atoms with van der Waals surface area (Å²) in [5.41, 5.74) is 0. The van der Waals surface area contributed by atoms with E-state index in [1.165, 1.54) is 109 Å². The van der Waals surface area contributed by atoms with Crippen LogP contribution in [-0.4, -0.2) is 47.8 Å². The van der Waals surface area contributed by atoms with Crippen molar-refractivity contribution in [2.45, 2.75) is 154 Å². The number of aliphatic hydroxyl groups is 1. The van der Waals surface area contributed by atoms with Crippen LogP contribution < -0.4 is 12.4 Å². The molecule has 0 radical (unpaired) electrons. The summed E-state index contributed by atoms with van der Waals surface area (Å²) in [5, 5.41) is 9.90. The average molecular weight is 523 g/mol. The average Bonchev–Trinajstić information content (AvgIpc) is 2.79. The summed E-state index contributed by atoms with van der Waals surface area (Å²) in [6, 6.07) is 0. The third-order valence-electron chi connectivity index (χ3n) is 7.26. The van der Waals surface area contributed by atoms with Crippen molar-refractivity contribution in [3.05, 3.63) is 12.7 Å². The highest BCUT2D eigenvalue weighted by molar-refractivity contribution is 6.20. The second-order valence-corrected chi connectivity index (χ2v) is 11.6. The molecule has 4 heteroatoms. The van der Waals surface area contributed by atoms with Crippen molar-refractivity contribution in [1.82, 2.24) is 0 Å². The number of unbranched alkanes of at least 4 members (excludes halogenated alkanes) is 16. The third kappa shape index (κ3) is 25.3. The lowest BCUT2D eigenvalue weighted by Gasteiger charge is -2.34. The van der Waals surface area contributed by atoms with E-state index in [1.807, 2.05) is 13.0 Å². The van der Waals surface area contributed by atoms with Crippen molar-refractivity contribution < 1.29 is 22.0 Å². The number of hydrogen-bond acceptors (Lipinski definition) is 1. The molecule has 0 saturated carbocycles. The second-order valence-electron chi connectivity index (χ2n) is 11.0. The molecule has 3 atom stereocenters. The molecule has 0 amide bonds. The zero-order valence-corrected chi connectivity index (χ0v) is 24.9. The molecule has 0 aromatic heterocycles. The Morgan fingerprint density at radius 3 is 1.47 bits per heavy atom. The van der Waals surface area contributed by atoms with Crippen LogP contribution in [0.25, 0.3) is 0 Å². The van der Waals surface area contributed by atoms with Crippen molar-refractivity contribution in [1.29, 1.82) is 0 Å². The van der Waals surface area contributed by atoms with Gasteiger partial charge in [-0.05, 0) is 19.4 Å². The minimum Gasteiger partial charge on any atom is -1.00 e. The number of nitrogens with zero attached hydrogens (tertiary/aromatic N) is 1. The Bertz CT molecular complexity index is 419. The van der Waals surface area contributed by atoms with Crippen molar-refractivity contribution in [2.75, 3.05) is 26.7 Å². The Morgan fingerprint density at radius 2 is 1.09 bits per heavy atom. The molecule has 0 aliphatic heterocycles. The highest BCUT2D eigenvalue weighted by atomic mass is 35.5. The molecule has 3 unspecified atom stereocenters. The van der Waals surface area contributed by atoms with Gasteiger partial charge in [-0.3, -0.25) is 0 Å². The van der Waals surface area contributed by atoms with Crippen LogP contribution in [0.15, 0.2) is 12.7 Å². The highest BCUT2D eigenvalue weighted by Crippen LogP contribution is 2.18. The van der Waals surface area contributed by atoms with E-state index >= 15 is 0 Å². The van der Waals surface area contributed by atoms with Gasteiger partial charge in [-0.15, -0.1) is 11.6 Å². The molecule has 0 rings (SSSR count). The Hall–Kier alpha value is 0.240. The molecule has 0 aliphatic carbocycles. The Balaban J connectivity index is 0. The fraction of sp³-hybridized carbons (Fsp3) is 0.933. The number of alkyl halides is 1. The van der Waals surface area contributed by atoms with Crippen molar-refractivity contribution >= 4 is 11.6 Å². The number of likely N-dealkylation sites (N-methyl/N-ethyl adjacent to an activating group) is 1. The monoisotopic (exact) mass is 521 g/mol. The Morgan fingerprint density at radius 1 is 0.706 bits per heavy atom. The SMILES string of the molecule is C=CC[N+](C)(CCC(C)O)CCC(Cl)CCCCCCCCCCCCCCCCCCC.[Cl-]. The normalized spacial score (nSPS) is 14.9. The summed E-state index contributed by atoms with van der Waals surface area (Å²) in [4.78, 5) is 0. The van der Waals surface area contributed by atoms with Gasteiger partial charge in [-0.2, -0.15) is 0 Å². The first-order valence-corrected chi connectivity index (χ1v) is 15.1. The molecule has 2 nitrogen and oxygen atoms in total. The van der Waals surface area contributed by atoms with Crippen LogP contribution in [0.2, 0.25) is 0 Å². The molecular weight excluding hydrogens is 461 g/mol. The first kappa shape index (κ1) is 36.4. The lowest BCUT2D eigenvalue weighted by molar-refractivity contribution is -0.904. The van der Waals surface area contributed by atoms with Crippen LogP contribution in [-0.2, 0) is 0 Å². The first-order chi connectivity index (χ1) is 15.9. The third-order valence-corrected chi connectivity index (χ3v) is 7.70. The van der Waals surface area contributed by atoms with Gasteiger partial charge < -0.3 is 22.0 Å². The molecule has 0 bridgehead atoms. The summed E-state index contributed by atoms with van der Waals surface area (Å²) >= 11 is 6.64. The lowest BCUT2D eigenvalue weighted by Crippen LogP contribution is -3.00. The van der Waals surface area contributed by atoms with E-state index in [2.05, 4.69) is 20.6 Å². The van der Waals surface area contributed by atoms with Gasteiger partial charge in [0.15, 0.2) is 0 Å². The van der Waals surface area contributed by atoms with Gasteiger partial charge in [0.05, 0.1) is 32.8 Å². The summed E-state index contributed by atoms with van der Waals surface area (Å²) in [6.45, 7) is 11.1. The van der Waals surface area contributed by atoms with E-state index < -0.39 is 0 Å². The maximum atomic E-state index is 9.61. The number of halogens is 2. The van der Waals surface area contributed by atoms with Gasteiger partial charge in [0, 0.05) is 18.2 Å². The minimum absolute atomic E-state index is 0. The fourth-order valence-electron chi connectivity index (χ4n) is 4.79. The first-order valence-electron chi connectivity index (χ1n) is 14.7. The highest BCUT2D eigenvalue weighted by Gasteiger charge is 2.22. The van der Waals surface area contributed by atoms with Crippen LogP contribution in [0.5, 0.6) is 0 Å². The van der Waals surface area contributed by atoms with E-state index in [0.717, 1.165) is 43.4 Å². The maximum Gasteiger partial charge on any atom is 0.0969 e. The zero-order chi connectivity index (χ0) is 24.6. The van der Waals surface area contributed by atoms with Gasteiger partial charge >= 0.3 is 0 Å². The van der Waals surface area contributed by atoms with Crippen LogP contribution in [0.3, 0.4) is 0 Å². The number of quaternary nitrogens is 1. The smallest absolute Gasteiger partial charge is 0.0969 e. The number of rotatable bonds is 26. The summed E-state index contributed by atoms with van der Waals surface area (Å²) in [5.74, 6) is 0. The van der Waals surface area contributed by atoms with Crippen LogP contribution >= 0.6 is 11.6 Å². The summed E-state index contributed by atoms with van der Waals surface area (Å²) in [6.07, 6.45) is 28.9. The van der Waals surface area contributed by atoms with Crippen LogP contribution in [0.4, 0.5) is 0 Å². The van der Waals surface area contributed by atoms with Crippen molar-refractivity contribution in [2.24, 2.45) is 0 Å². The molecule has 0 saturated heterocycles. The van der Waals surface area contributed by atoms with E-state index in [4.69, 9.17) is 11.6 Å². The van der Waals surface area contributed by atoms with Gasteiger partial charge in [0.1, 0.15) is 0 Å². The van der Waals surface area contributed by atoms with E-state index in [-0.39, 0.29) is 23.9 Å². The molecule has 0 spiro atoms. The molecule has 0 aromatic carbocycles. The molecule has 0 aromatic rings. The van der Waals surface area contributed by atoms with Gasteiger partial charge in [0.2, 0.25) is 0 Å². The van der Waals surface area contributed by atoms with Gasteiger partial charge in [-0.25, -0.2) is 0 Å². The largest absolute Gasteiger partial charge is 1.00 e. The van der Waals surface area contributed by atoms with Crippen molar-refractivity contribution in [3.63, 3.8) is 0 Å². The molecule has 0 aliphatic rings. The predicted octanol–water partition coefficient (Wildman–Crippen LogP) is 6.43. The standard InChI is InChI=1S/C30H61ClNO.ClH/c1-5-7-8-9-10-11-12-13-14-15-16-17-18-19-20-21-22-23-30(31)25-28-32(4,26-6-2)27-24-29(3)33;/h6,29-30,33H,2,5,7-28H2,1,3-4H3;1H/q+1;/p-1. The van der Waals surface area contributed by atoms with Gasteiger partial charge in [-0.1, -0.05) is 123 Å². The van der Waals surface area contributed by atoms with Crippen molar-refractivity contribution in [3.8, 4) is 0 Å². The van der Waals surface area contributed by atoms with E-state index in [0.29, 0.717) is 0 Å². The summed E-state index contributed by atoms with van der Waals surface area (Å²) in [7, 11) is 2.27. The molecule has 34 heavy (non-hydrogen) atoms. The summed E-state index contributed by atoms with van der Waals surface area (Å²) < 4.78 is 0.941.